The molecule has 31 heavy (non-hydrogen) atoms. The Morgan fingerprint density at radius 2 is 1.77 bits per heavy atom. The first-order chi connectivity index (χ1) is 14.9. The normalized spacial score (nSPS) is 13.6. The molecule has 0 bridgehead atoms. The number of para-hydroxylation sites is 1. The molecule has 8 heteroatoms. The number of benzene rings is 3. The van der Waals surface area contributed by atoms with Crippen LogP contribution in [-0.4, -0.2) is 23.8 Å². The maximum Gasteiger partial charge on any atom is 0.255 e. The Morgan fingerprint density at radius 3 is 2.52 bits per heavy atom. The molecule has 0 radical (unpaired) electrons. The first-order valence-electron chi connectivity index (χ1n) is 9.48. The van der Waals surface area contributed by atoms with Crippen LogP contribution in [-0.2, 0) is 11.3 Å². The Bertz CT molecular complexity index is 1180. The molecular weight excluding hydrogens is 437 g/mol. The predicted molar refractivity (Wildman–Crippen MR) is 122 cm³/mol. The summed E-state index contributed by atoms with van der Waals surface area (Å²) in [6.07, 6.45) is 0. The van der Waals surface area contributed by atoms with Crippen molar-refractivity contribution in [1.82, 2.24) is 4.90 Å². The Morgan fingerprint density at radius 1 is 1.10 bits per heavy atom. The van der Waals surface area contributed by atoms with E-state index in [2.05, 4.69) is 5.32 Å². The van der Waals surface area contributed by atoms with Crippen molar-refractivity contribution < 1.29 is 14.3 Å². The smallest absolute Gasteiger partial charge is 0.255 e. The maximum absolute atomic E-state index is 13.5. The van der Waals surface area contributed by atoms with Crippen molar-refractivity contribution in [2.75, 3.05) is 18.2 Å². The third-order valence-corrected chi connectivity index (χ3v) is 5.92. The van der Waals surface area contributed by atoms with Crippen molar-refractivity contribution in [3.05, 3.63) is 87.4 Å². The summed E-state index contributed by atoms with van der Waals surface area (Å²) in [7, 11) is 1.52. The molecule has 1 aliphatic rings. The molecule has 1 atom stereocenters. The average Bonchev–Trinajstić information content (AvgIpc) is 3.09. The molecule has 158 valence electrons. The molecular formula is C23H19Cl2N3O3. The van der Waals surface area contributed by atoms with Crippen LogP contribution in [0.2, 0.25) is 10.0 Å². The van der Waals surface area contributed by atoms with Gasteiger partial charge in [0.2, 0.25) is 0 Å². The van der Waals surface area contributed by atoms with E-state index in [1.807, 2.05) is 12.1 Å². The predicted octanol–water partition coefficient (Wildman–Crippen LogP) is 4.92. The molecule has 1 aliphatic heterocycles. The number of anilines is 2. The number of rotatable bonds is 5. The van der Waals surface area contributed by atoms with E-state index in [1.165, 1.54) is 24.1 Å². The first kappa shape index (κ1) is 21.0. The average molecular weight is 456 g/mol. The molecule has 1 unspecified atom stereocenters. The van der Waals surface area contributed by atoms with Crippen molar-refractivity contribution in [2.45, 2.75) is 12.6 Å². The highest BCUT2D eigenvalue weighted by atomic mass is 35.5. The summed E-state index contributed by atoms with van der Waals surface area (Å²) in [5.41, 5.74) is 8.58. The fraction of sp³-hybridized carbons (Fsp3) is 0.130. The minimum absolute atomic E-state index is 0.233. The molecule has 0 spiro atoms. The van der Waals surface area contributed by atoms with Gasteiger partial charge in [-0.2, -0.15) is 0 Å². The topological polar surface area (TPSA) is 84.7 Å². The van der Waals surface area contributed by atoms with Crippen LogP contribution >= 0.6 is 23.2 Å². The van der Waals surface area contributed by atoms with Gasteiger partial charge < -0.3 is 20.7 Å². The second-order valence-electron chi connectivity index (χ2n) is 7.08. The van der Waals surface area contributed by atoms with Gasteiger partial charge >= 0.3 is 0 Å². The van der Waals surface area contributed by atoms with E-state index >= 15 is 0 Å². The molecule has 0 fully saturated rings. The summed E-state index contributed by atoms with van der Waals surface area (Å²) in [6.45, 7) is 0.294. The third kappa shape index (κ3) is 3.92. The van der Waals surface area contributed by atoms with E-state index in [-0.39, 0.29) is 21.6 Å². The number of methoxy groups -OCH3 is 1. The zero-order valence-corrected chi connectivity index (χ0v) is 18.1. The molecule has 3 aromatic rings. The van der Waals surface area contributed by atoms with Crippen LogP contribution in [0.5, 0.6) is 5.75 Å². The Balaban J connectivity index is 1.76. The van der Waals surface area contributed by atoms with Crippen molar-refractivity contribution in [1.29, 1.82) is 0 Å². The van der Waals surface area contributed by atoms with Gasteiger partial charge in [-0.1, -0.05) is 59.6 Å². The van der Waals surface area contributed by atoms with Gasteiger partial charge in [-0.3, -0.25) is 9.59 Å². The highest BCUT2D eigenvalue weighted by Crippen LogP contribution is 2.37. The van der Waals surface area contributed by atoms with E-state index in [4.69, 9.17) is 33.7 Å². The number of nitrogens with two attached hydrogens (primary N) is 1. The number of carbonyl (C=O) groups is 2. The van der Waals surface area contributed by atoms with Gasteiger partial charge in [0.05, 0.1) is 28.5 Å². The van der Waals surface area contributed by atoms with Crippen LogP contribution in [0.1, 0.15) is 27.5 Å². The van der Waals surface area contributed by atoms with Crippen LogP contribution in [0.3, 0.4) is 0 Å². The SMILES string of the molecule is COc1ccccc1C(C(=O)Nc1cc(Cl)c(Cl)cc1N)N1Cc2ccccc2C1=O. The number of hydrogen-bond donors (Lipinski definition) is 2. The van der Waals surface area contributed by atoms with Crippen LogP contribution in [0.25, 0.3) is 0 Å². The van der Waals surface area contributed by atoms with Crippen molar-refractivity contribution in [2.24, 2.45) is 0 Å². The van der Waals surface area contributed by atoms with Crippen LogP contribution in [0, 0.1) is 0 Å². The number of nitrogen functional groups attached to an aromatic ring is 1. The van der Waals surface area contributed by atoms with E-state index < -0.39 is 11.9 Å². The van der Waals surface area contributed by atoms with E-state index in [9.17, 15) is 9.59 Å². The van der Waals surface area contributed by atoms with Crippen LogP contribution in [0.15, 0.2) is 60.7 Å². The molecule has 0 saturated carbocycles. The lowest BCUT2D eigenvalue weighted by Crippen LogP contribution is -2.38. The summed E-state index contributed by atoms with van der Waals surface area (Å²) >= 11 is 12.1. The lowest BCUT2D eigenvalue weighted by Gasteiger charge is -2.28. The highest BCUT2D eigenvalue weighted by Gasteiger charge is 2.38. The minimum atomic E-state index is -0.954. The molecule has 1 heterocycles. The third-order valence-electron chi connectivity index (χ3n) is 5.19. The standard InChI is InChI=1S/C23H19Cl2N3O3/c1-31-20-9-5-4-8-15(20)21(28-12-13-6-2-3-7-14(13)23(28)30)22(29)27-19-11-17(25)16(24)10-18(19)26/h2-11,21H,12,26H2,1H3,(H,27,29). The minimum Gasteiger partial charge on any atom is -0.496 e. The van der Waals surface area contributed by atoms with Gasteiger partial charge in [-0.25, -0.2) is 0 Å². The summed E-state index contributed by atoms with van der Waals surface area (Å²) in [6, 6.07) is 16.4. The van der Waals surface area contributed by atoms with Gasteiger partial charge in [0, 0.05) is 17.7 Å². The summed E-state index contributed by atoms with van der Waals surface area (Å²) in [4.78, 5) is 28.2. The van der Waals surface area contributed by atoms with E-state index in [0.29, 0.717) is 29.1 Å². The van der Waals surface area contributed by atoms with Crippen molar-refractivity contribution in [3.63, 3.8) is 0 Å². The molecule has 0 aliphatic carbocycles. The maximum atomic E-state index is 13.5. The van der Waals surface area contributed by atoms with Crippen molar-refractivity contribution >= 4 is 46.4 Å². The van der Waals surface area contributed by atoms with Gasteiger partial charge in [-0.15, -0.1) is 0 Å². The fourth-order valence-electron chi connectivity index (χ4n) is 3.70. The largest absolute Gasteiger partial charge is 0.496 e. The number of carbonyl (C=O) groups excluding carboxylic acids is 2. The van der Waals surface area contributed by atoms with Crippen LogP contribution < -0.4 is 15.8 Å². The summed E-state index contributed by atoms with van der Waals surface area (Å²) < 4.78 is 5.48. The second-order valence-corrected chi connectivity index (χ2v) is 7.89. The molecule has 0 aromatic heterocycles. The molecule has 4 rings (SSSR count). The number of nitrogens with one attached hydrogen (secondary N) is 1. The van der Waals surface area contributed by atoms with E-state index in [0.717, 1.165) is 5.56 Å². The number of ether oxygens (including phenoxy) is 1. The summed E-state index contributed by atoms with van der Waals surface area (Å²) in [5, 5.41) is 3.33. The van der Waals surface area contributed by atoms with Gasteiger partial charge in [-0.05, 0) is 29.8 Å². The quantitative estimate of drug-likeness (QED) is 0.534. The second kappa shape index (κ2) is 8.49. The number of nitrogens with zero attached hydrogens (tertiary/aromatic N) is 1. The highest BCUT2D eigenvalue weighted by molar-refractivity contribution is 6.42. The number of halogens is 2. The Labute approximate surface area is 189 Å². The fourth-order valence-corrected chi connectivity index (χ4v) is 4.04. The van der Waals surface area contributed by atoms with Crippen molar-refractivity contribution in [3.8, 4) is 5.75 Å². The van der Waals surface area contributed by atoms with Gasteiger partial charge in [0.25, 0.3) is 11.8 Å². The molecule has 0 saturated heterocycles. The number of hydrogen-bond acceptors (Lipinski definition) is 4. The molecule has 3 aromatic carbocycles. The summed E-state index contributed by atoms with van der Waals surface area (Å²) in [5.74, 6) is -0.187. The molecule has 2 amide bonds. The Kier molecular flexibility index (Phi) is 5.76. The first-order valence-corrected chi connectivity index (χ1v) is 10.2. The lowest BCUT2D eigenvalue weighted by molar-refractivity contribution is -0.120. The zero-order valence-electron chi connectivity index (χ0n) is 16.6. The van der Waals surface area contributed by atoms with Gasteiger partial charge in [0.1, 0.15) is 11.8 Å². The monoisotopic (exact) mass is 455 g/mol. The molecule has 6 nitrogen and oxygen atoms in total. The Hall–Kier alpha value is -3.22. The number of fused-ring (bicyclic) bond motifs is 1. The lowest BCUT2D eigenvalue weighted by atomic mass is 10.0. The molecule has 3 N–H and O–H groups in total. The van der Waals surface area contributed by atoms with Crippen LogP contribution in [0.4, 0.5) is 11.4 Å². The van der Waals surface area contributed by atoms with Gasteiger partial charge in [0.15, 0.2) is 0 Å². The zero-order chi connectivity index (χ0) is 22.1. The van der Waals surface area contributed by atoms with E-state index in [1.54, 1.807) is 36.4 Å². The number of amides is 2.